The van der Waals surface area contributed by atoms with Gasteiger partial charge in [-0.05, 0) is 44.5 Å². The Kier molecular flexibility index (Phi) is 4.46. The van der Waals surface area contributed by atoms with E-state index < -0.39 is 0 Å². The summed E-state index contributed by atoms with van der Waals surface area (Å²) in [6.45, 7) is 6.80. The van der Waals surface area contributed by atoms with Crippen LogP contribution < -0.4 is 5.32 Å². The molecule has 0 aliphatic heterocycles. The van der Waals surface area contributed by atoms with E-state index in [1.807, 2.05) is 49.7 Å². The zero-order chi connectivity index (χ0) is 17.1. The van der Waals surface area contributed by atoms with Crippen molar-refractivity contribution in [3.8, 4) is 0 Å². The fourth-order valence-electron chi connectivity index (χ4n) is 2.59. The molecule has 1 aromatic carbocycles. The number of benzene rings is 1. The van der Waals surface area contributed by atoms with Crippen molar-refractivity contribution in [3.63, 3.8) is 0 Å². The SMILES string of the molecule is Cc1cc(C)n(Cc2cccc(C(=O)NCc3cc(C)on3)c2)n1. The number of hydrogen-bond acceptors (Lipinski definition) is 4. The van der Waals surface area contributed by atoms with Crippen LogP contribution in [0.25, 0.3) is 0 Å². The molecule has 0 spiro atoms. The summed E-state index contributed by atoms with van der Waals surface area (Å²) in [6.07, 6.45) is 0. The van der Waals surface area contributed by atoms with Crippen molar-refractivity contribution in [3.05, 3.63) is 70.4 Å². The van der Waals surface area contributed by atoms with Crippen molar-refractivity contribution in [1.82, 2.24) is 20.3 Å². The van der Waals surface area contributed by atoms with Crippen LogP contribution in [0.2, 0.25) is 0 Å². The van der Waals surface area contributed by atoms with E-state index in [4.69, 9.17) is 4.52 Å². The predicted molar refractivity (Wildman–Crippen MR) is 89.7 cm³/mol. The van der Waals surface area contributed by atoms with Gasteiger partial charge in [-0.3, -0.25) is 9.48 Å². The summed E-state index contributed by atoms with van der Waals surface area (Å²) in [5, 5.41) is 11.2. The molecule has 0 saturated carbocycles. The molecule has 1 N–H and O–H groups in total. The van der Waals surface area contributed by atoms with E-state index in [0.717, 1.165) is 22.7 Å². The van der Waals surface area contributed by atoms with E-state index in [-0.39, 0.29) is 5.91 Å². The van der Waals surface area contributed by atoms with Crippen LogP contribution in [0.4, 0.5) is 0 Å². The quantitative estimate of drug-likeness (QED) is 0.783. The Morgan fingerprint density at radius 1 is 1.21 bits per heavy atom. The highest BCUT2D eigenvalue weighted by Gasteiger charge is 2.09. The molecule has 3 aromatic rings. The maximum absolute atomic E-state index is 12.3. The van der Waals surface area contributed by atoms with E-state index in [1.54, 1.807) is 12.1 Å². The average Bonchev–Trinajstić information content (AvgIpc) is 3.10. The van der Waals surface area contributed by atoms with Gasteiger partial charge >= 0.3 is 0 Å². The highest BCUT2D eigenvalue weighted by molar-refractivity contribution is 5.94. The molecule has 6 nitrogen and oxygen atoms in total. The van der Waals surface area contributed by atoms with Crippen LogP contribution in [-0.2, 0) is 13.1 Å². The number of nitrogens with one attached hydrogen (secondary N) is 1. The molecule has 0 unspecified atom stereocenters. The molecule has 0 radical (unpaired) electrons. The van der Waals surface area contributed by atoms with Crippen LogP contribution in [0.5, 0.6) is 0 Å². The van der Waals surface area contributed by atoms with Crippen molar-refractivity contribution < 1.29 is 9.32 Å². The summed E-state index contributed by atoms with van der Waals surface area (Å²) in [6, 6.07) is 11.4. The Bertz CT molecular complexity index is 864. The summed E-state index contributed by atoms with van der Waals surface area (Å²) in [5.74, 6) is 0.594. The minimum Gasteiger partial charge on any atom is -0.361 e. The third-order valence-corrected chi connectivity index (χ3v) is 3.73. The lowest BCUT2D eigenvalue weighted by molar-refractivity contribution is 0.0950. The molecule has 0 aliphatic carbocycles. The first-order valence-electron chi connectivity index (χ1n) is 7.81. The first-order chi connectivity index (χ1) is 11.5. The van der Waals surface area contributed by atoms with Crippen LogP contribution in [0.15, 0.2) is 40.9 Å². The molecule has 0 aliphatic rings. The smallest absolute Gasteiger partial charge is 0.251 e. The Hall–Kier alpha value is -2.89. The van der Waals surface area contributed by atoms with E-state index in [1.165, 1.54) is 0 Å². The zero-order valence-electron chi connectivity index (χ0n) is 14.0. The fourth-order valence-corrected chi connectivity index (χ4v) is 2.59. The van der Waals surface area contributed by atoms with Gasteiger partial charge in [-0.2, -0.15) is 5.10 Å². The highest BCUT2D eigenvalue weighted by Crippen LogP contribution is 2.10. The van der Waals surface area contributed by atoms with Gasteiger partial charge in [0.05, 0.1) is 18.8 Å². The van der Waals surface area contributed by atoms with Crippen LogP contribution >= 0.6 is 0 Å². The highest BCUT2D eigenvalue weighted by atomic mass is 16.5. The summed E-state index contributed by atoms with van der Waals surface area (Å²) >= 11 is 0. The standard InChI is InChI=1S/C18H20N4O2/c1-12-7-13(2)22(20-12)11-15-5-4-6-16(9-15)18(23)19-10-17-8-14(3)24-21-17/h4-9H,10-11H2,1-3H3,(H,19,23). The van der Waals surface area contributed by atoms with Gasteiger partial charge in [0, 0.05) is 17.3 Å². The number of hydrogen-bond donors (Lipinski definition) is 1. The minimum atomic E-state index is -0.133. The molecular weight excluding hydrogens is 304 g/mol. The molecule has 3 rings (SSSR count). The van der Waals surface area contributed by atoms with Gasteiger partial charge in [0.15, 0.2) is 0 Å². The molecule has 124 valence electrons. The van der Waals surface area contributed by atoms with Gasteiger partial charge in [0.2, 0.25) is 0 Å². The van der Waals surface area contributed by atoms with Gasteiger partial charge in [0.25, 0.3) is 5.91 Å². The zero-order valence-corrected chi connectivity index (χ0v) is 14.0. The van der Waals surface area contributed by atoms with E-state index in [2.05, 4.69) is 15.6 Å². The van der Waals surface area contributed by atoms with Crippen molar-refractivity contribution in [2.75, 3.05) is 0 Å². The van der Waals surface area contributed by atoms with Gasteiger partial charge in [-0.25, -0.2) is 0 Å². The van der Waals surface area contributed by atoms with E-state index in [9.17, 15) is 4.79 Å². The van der Waals surface area contributed by atoms with Gasteiger partial charge in [-0.1, -0.05) is 17.3 Å². The van der Waals surface area contributed by atoms with Crippen molar-refractivity contribution >= 4 is 5.91 Å². The van der Waals surface area contributed by atoms with Gasteiger partial charge < -0.3 is 9.84 Å². The molecule has 2 heterocycles. The fraction of sp³-hybridized carbons (Fsp3) is 0.278. The number of carbonyl (C=O) groups is 1. The molecule has 0 atom stereocenters. The van der Waals surface area contributed by atoms with Crippen molar-refractivity contribution in [2.45, 2.75) is 33.9 Å². The molecular formula is C18H20N4O2. The second kappa shape index (κ2) is 6.70. The molecule has 0 bridgehead atoms. The first kappa shape index (κ1) is 16.0. The van der Waals surface area contributed by atoms with Gasteiger partial charge in [0.1, 0.15) is 11.5 Å². The number of aromatic nitrogens is 3. The van der Waals surface area contributed by atoms with E-state index >= 15 is 0 Å². The monoisotopic (exact) mass is 324 g/mol. The number of carbonyl (C=O) groups excluding carboxylic acids is 1. The third kappa shape index (κ3) is 3.71. The lowest BCUT2D eigenvalue weighted by Crippen LogP contribution is -2.23. The van der Waals surface area contributed by atoms with Crippen LogP contribution in [-0.4, -0.2) is 20.8 Å². The summed E-state index contributed by atoms with van der Waals surface area (Å²) in [7, 11) is 0. The summed E-state index contributed by atoms with van der Waals surface area (Å²) in [4.78, 5) is 12.3. The lowest BCUT2D eigenvalue weighted by Gasteiger charge is -2.07. The lowest BCUT2D eigenvalue weighted by atomic mass is 10.1. The molecule has 2 aromatic heterocycles. The Balaban J connectivity index is 1.67. The van der Waals surface area contributed by atoms with Crippen molar-refractivity contribution in [2.24, 2.45) is 0 Å². The largest absolute Gasteiger partial charge is 0.361 e. The number of rotatable bonds is 5. The van der Waals surface area contributed by atoms with Crippen LogP contribution in [0.1, 0.15) is 38.8 Å². The second-order valence-corrected chi connectivity index (χ2v) is 5.90. The predicted octanol–water partition coefficient (Wildman–Crippen LogP) is 2.77. The molecule has 6 heteroatoms. The molecule has 0 saturated heterocycles. The molecule has 0 fully saturated rings. The normalized spacial score (nSPS) is 10.8. The maximum atomic E-state index is 12.3. The third-order valence-electron chi connectivity index (χ3n) is 3.73. The summed E-state index contributed by atoms with van der Waals surface area (Å²) in [5.41, 5.74) is 4.45. The van der Waals surface area contributed by atoms with Crippen molar-refractivity contribution in [1.29, 1.82) is 0 Å². The average molecular weight is 324 g/mol. The Labute approximate surface area is 140 Å². The number of nitrogens with zero attached hydrogens (tertiary/aromatic N) is 3. The Morgan fingerprint density at radius 3 is 2.71 bits per heavy atom. The number of amides is 1. The Morgan fingerprint density at radius 2 is 2.04 bits per heavy atom. The van der Waals surface area contributed by atoms with E-state index in [0.29, 0.717) is 24.3 Å². The second-order valence-electron chi connectivity index (χ2n) is 5.90. The minimum absolute atomic E-state index is 0.133. The first-order valence-corrected chi connectivity index (χ1v) is 7.81. The summed E-state index contributed by atoms with van der Waals surface area (Å²) < 4.78 is 6.93. The topological polar surface area (TPSA) is 73.0 Å². The van der Waals surface area contributed by atoms with Gasteiger partial charge in [-0.15, -0.1) is 0 Å². The maximum Gasteiger partial charge on any atom is 0.251 e. The molecule has 24 heavy (non-hydrogen) atoms. The molecule has 1 amide bonds. The van der Waals surface area contributed by atoms with Crippen LogP contribution in [0.3, 0.4) is 0 Å². The van der Waals surface area contributed by atoms with Crippen LogP contribution in [0, 0.1) is 20.8 Å². The number of aryl methyl sites for hydroxylation is 3.